The Morgan fingerprint density at radius 3 is 2.78 bits per heavy atom. The van der Waals surface area contributed by atoms with E-state index < -0.39 is 0 Å². The number of rotatable bonds is 5. The largest absolute Gasteiger partial charge is 0.408 e. The maximum atomic E-state index is 5.54. The Kier molecular flexibility index (Phi) is 7.45. The maximum absolute atomic E-state index is 5.54. The van der Waals surface area contributed by atoms with Crippen molar-refractivity contribution < 1.29 is 4.43 Å². The zero-order chi connectivity index (χ0) is 7.11. The number of hydrogen-bond acceptors (Lipinski definition) is 1. The van der Waals surface area contributed by atoms with Crippen molar-refractivity contribution in [3.63, 3.8) is 0 Å². The maximum Gasteiger partial charge on any atom is 0.163 e. The van der Waals surface area contributed by atoms with Crippen LogP contribution in [0.4, 0.5) is 0 Å². The first-order chi connectivity index (χ1) is 4.27. The molecule has 0 aromatic rings. The molecule has 0 aromatic carbocycles. The fourth-order valence-electron chi connectivity index (χ4n) is 0.442. The van der Waals surface area contributed by atoms with E-state index >= 15 is 0 Å². The molecule has 1 unspecified atom stereocenters. The Hall–Kier alpha value is 0.757. The lowest BCUT2D eigenvalue weighted by Gasteiger charge is -2.02. The zero-order valence-corrected chi connectivity index (χ0v) is 8.50. The van der Waals surface area contributed by atoms with Gasteiger partial charge in [0, 0.05) is 5.88 Å². The van der Waals surface area contributed by atoms with Crippen molar-refractivity contribution in [2.24, 2.45) is 0 Å². The fourth-order valence-corrected chi connectivity index (χ4v) is 2.16. The van der Waals surface area contributed by atoms with Gasteiger partial charge in [0.15, 0.2) is 9.76 Å². The van der Waals surface area contributed by atoms with Gasteiger partial charge in [-0.2, -0.15) is 0 Å². The van der Waals surface area contributed by atoms with Gasteiger partial charge in [-0.25, -0.2) is 0 Å². The van der Waals surface area contributed by atoms with Crippen molar-refractivity contribution in [2.45, 2.75) is 25.0 Å². The molecule has 0 spiro atoms. The van der Waals surface area contributed by atoms with Crippen LogP contribution < -0.4 is 0 Å². The molecule has 0 aliphatic carbocycles. The fraction of sp³-hybridized carbons (Fsp3) is 1.00. The summed E-state index contributed by atoms with van der Waals surface area (Å²) < 4.78 is 5.19. The summed E-state index contributed by atoms with van der Waals surface area (Å²) in [6, 6.07) is 1.14. The van der Waals surface area contributed by atoms with Gasteiger partial charge < -0.3 is 4.43 Å². The van der Waals surface area contributed by atoms with E-state index in [1.54, 1.807) is 0 Å². The SMILES string of the molecule is CC(Cl)O[SiH2]CCCCl. The smallest absolute Gasteiger partial charge is 0.163 e. The summed E-state index contributed by atoms with van der Waals surface area (Å²) >= 11 is 11.0. The van der Waals surface area contributed by atoms with E-state index in [9.17, 15) is 0 Å². The van der Waals surface area contributed by atoms with Crippen LogP contribution in [0.25, 0.3) is 0 Å². The minimum Gasteiger partial charge on any atom is -0.408 e. The topological polar surface area (TPSA) is 9.23 Å². The van der Waals surface area contributed by atoms with E-state index in [0.29, 0.717) is 0 Å². The Morgan fingerprint density at radius 2 is 2.33 bits per heavy atom. The molecule has 0 radical (unpaired) electrons. The first-order valence-electron chi connectivity index (χ1n) is 3.09. The molecule has 4 heteroatoms. The molecule has 1 nitrogen and oxygen atoms in total. The number of hydrogen-bond donors (Lipinski definition) is 0. The van der Waals surface area contributed by atoms with Crippen molar-refractivity contribution in [3.05, 3.63) is 0 Å². The van der Waals surface area contributed by atoms with E-state index in [0.717, 1.165) is 18.3 Å². The van der Waals surface area contributed by atoms with Crippen LogP contribution in [0.3, 0.4) is 0 Å². The molecule has 56 valence electrons. The molecule has 1 atom stereocenters. The van der Waals surface area contributed by atoms with E-state index in [-0.39, 0.29) is 15.3 Å². The molecule has 9 heavy (non-hydrogen) atoms. The highest BCUT2D eigenvalue weighted by Gasteiger charge is 1.93. The molecule has 0 saturated heterocycles. The summed E-state index contributed by atoms with van der Waals surface area (Å²) in [7, 11) is -0.364. The van der Waals surface area contributed by atoms with Crippen LogP contribution in [0.5, 0.6) is 0 Å². The average molecular weight is 187 g/mol. The van der Waals surface area contributed by atoms with Gasteiger partial charge in [0.05, 0.1) is 0 Å². The highest BCUT2D eigenvalue weighted by Crippen LogP contribution is 1.97. The molecule has 0 aromatic heterocycles. The van der Waals surface area contributed by atoms with Crippen LogP contribution in [0.2, 0.25) is 6.04 Å². The highest BCUT2D eigenvalue weighted by molar-refractivity contribution is 6.30. The van der Waals surface area contributed by atoms with E-state index in [4.69, 9.17) is 27.6 Å². The minimum atomic E-state index is -0.364. The molecular formula is C5H12Cl2OSi. The predicted molar refractivity (Wildman–Crippen MR) is 45.1 cm³/mol. The molecule has 0 saturated carbocycles. The highest BCUT2D eigenvalue weighted by atomic mass is 35.5. The van der Waals surface area contributed by atoms with Crippen LogP contribution in [0, 0.1) is 0 Å². The van der Waals surface area contributed by atoms with E-state index in [1.165, 1.54) is 0 Å². The second-order valence-electron chi connectivity index (χ2n) is 1.81. The van der Waals surface area contributed by atoms with Crippen molar-refractivity contribution in [1.82, 2.24) is 0 Å². The van der Waals surface area contributed by atoms with Gasteiger partial charge in [-0.05, 0) is 19.4 Å². The predicted octanol–water partition coefficient (Wildman–Crippen LogP) is 1.72. The molecule has 0 aliphatic heterocycles. The van der Waals surface area contributed by atoms with Gasteiger partial charge in [0.2, 0.25) is 0 Å². The molecule has 0 bridgehead atoms. The minimum absolute atomic E-state index is 0.105. The summed E-state index contributed by atoms with van der Waals surface area (Å²) in [5, 5.41) is 0. The first kappa shape index (κ1) is 9.76. The molecule has 0 amide bonds. The molecule has 0 heterocycles. The molecule has 0 N–H and O–H groups in total. The van der Waals surface area contributed by atoms with Gasteiger partial charge in [-0.15, -0.1) is 11.6 Å². The Labute approximate surface area is 68.6 Å². The molecule has 0 aliphatic rings. The summed E-state index contributed by atoms with van der Waals surface area (Å²) in [6.07, 6.45) is 1.07. The number of halogens is 2. The van der Waals surface area contributed by atoms with E-state index in [1.807, 2.05) is 6.92 Å². The summed E-state index contributed by atoms with van der Waals surface area (Å²) in [6.45, 7) is 1.84. The standard InChI is InChI=1S/C5H12Cl2OSi/c1-5(7)8-9-4-2-3-6/h5H,2-4,9H2,1H3. The van der Waals surface area contributed by atoms with Gasteiger partial charge in [0.1, 0.15) is 5.56 Å². The Morgan fingerprint density at radius 1 is 1.67 bits per heavy atom. The average Bonchev–Trinajstić information content (AvgIpc) is 1.80. The van der Waals surface area contributed by atoms with Crippen molar-refractivity contribution >= 4 is 33.0 Å². The van der Waals surface area contributed by atoms with Gasteiger partial charge in [-0.3, -0.25) is 0 Å². The van der Waals surface area contributed by atoms with Crippen molar-refractivity contribution in [1.29, 1.82) is 0 Å². The lowest BCUT2D eigenvalue weighted by molar-refractivity contribution is 0.318. The van der Waals surface area contributed by atoms with Crippen molar-refractivity contribution in [3.8, 4) is 0 Å². The lowest BCUT2D eigenvalue weighted by Crippen LogP contribution is -2.04. The third-order valence-corrected chi connectivity index (χ3v) is 3.00. The molecular weight excluding hydrogens is 175 g/mol. The van der Waals surface area contributed by atoms with Crippen LogP contribution in [0.15, 0.2) is 0 Å². The third kappa shape index (κ3) is 8.76. The second-order valence-corrected chi connectivity index (χ2v) is 4.25. The van der Waals surface area contributed by atoms with Gasteiger partial charge in [0.25, 0.3) is 0 Å². The summed E-state index contributed by atoms with van der Waals surface area (Å²) in [4.78, 5) is 0. The monoisotopic (exact) mass is 186 g/mol. The Bertz CT molecular complexity index is 60.9. The van der Waals surface area contributed by atoms with E-state index in [2.05, 4.69) is 0 Å². The van der Waals surface area contributed by atoms with Crippen LogP contribution in [0.1, 0.15) is 13.3 Å². The van der Waals surface area contributed by atoms with Gasteiger partial charge in [-0.1, -0.05) is 11.6 Å². The number of alkyl halides is 2. The molecule has 0 fully saturated rings. The molecule has 0 rings (SSSR count). The normalized spacial score (nSPS) is 15.0. The second kappa shape index (κ2) is 6.87. The summed E-state index contributed by atoms with van der Waals surface area (Å²) in [5.41, 5.74) is -0.105. The van der Waals surface area contributed by atoms with Crippen LogP contribution >= 0.6 is 23.2 Å². The lowest BCUT2D eigenvalue weighted by atomic mass is 10.6. The third-order valence-electron chi connectivity index (χ3n) is 0.875. The first-order valence-corrected chi connectivity index (χ1v) is 5.64. The van der Waals surface area contributed by atoms with Crippen LogP contribution in [-0.4, -0.2) is 21.2 Å². The van der Waals surface area contributed by atoms with Gasteiger partial charge >= 0.3 is 0 Å². The quantitative estimate of drug-likeness (QED) is 0.361. The Balaban J connectivity index is 2.75. The zero-order valence-electron chi connectivity index (χ0n) is 5.57. The van der Waals surface area contributed by atoms with Crippen LogP contribution in [-0.2, 0) is 4.43 Å². The summed E-state index contributed by atoms with van der Waals surface area (Å²) in [5.74, 6) is 0.743. The van der Waals surface area contributed by atoms with Crippen molar-refractivity contribution in [2.75, 3.05) is 5.88 Å².